The van der Waals surface area contributed by atoms with Crippen LogP contribution in [0.25, 0.3) is 0 Å². The first-order chi connectivity index (χ1) is 8.27. The Morgan fingerprint density at radius 2 is 1.76 bits per heavy atom. The molecular formula is C14H31N3. The Hall–Kier alpha value is -0.120. The van der Waals surface area contributed by atoms with Crippen LogP contribution in [0.2, 0.25) is 0 Å². The van der Waals surface area contributed by atoms with E-state index < -0.39 is 0 Å². The molecule has 1 N–H and O–H groups in total. The van der Waals surface area contributed by atoms with Gasteiger partial charge in [0.1, 0.15) is 0 Å². The summed E-state index contributed by atoms with van der Waals surface area (Å²) >= 11 is 0. The van der Waals surface area contributed by atoms with Crippen LogP contribution in [-0.2, 0) is 0 Å². The van der Waals surface area contributed by atoms with Crippen molar-refractivity contribution in [2.24, 2.45) is 0 Å². The summed E-state index contributed by atoms with van der Waals surface area (Å²) in [6.07, 6.45) is 3.88. The van der Waals surface area contributed by atoms with Crippen LogP contribution in [0.4, 0.5) is 0 Å². The van der Waals surface area contributed by atoms with E-state index in [1.807, 2.05) is 0 Å². The van der Waals surface area contributed by atoms with E-state index in [1.54, 1.807) is 0 Å². The molecule has 3 nitrogen and oxygen atoms in total. The number of hydrogen-bond acceptors (Lipinski definition) is 3. The van der Waals surface area contributed by atoms with Crippen molar-refractivity contribution in [1.29, 1.82) is 0 Å². The fraction of sp³-hybridized carbons (Fsp3) is 1.00. The van der Waals surface area contributed by atoms with Crippen LogP contribution in [0.3, 0.4) is 0 Å². The molecule has 1 saturated heterocycles. The Kier molecular flexibility index (Phi) is 7.82. The fourth-order valence-corrected chi connectivity index (χ4v) is 2.35. The molecule has 0 aromatic heterocycles. The Morgan fingerprint density at radius 1 is 1.06 bits per heavy atom. The van der Waals surface area contributed by atoms with Gasteiger partial charge in [-0.05, 0) is 26.3 Å². The van der Waals surface area contributed by atoms with Crippen molar-refractivity contribution >= 4 is 0 Å². The van der Waals surface area contributed by atoms with E-state index >= 15 is 0 Å². The lowest BCUT2D eigenvalue weighted by atomic mass is 10.2. The summed E-state index contributed by atoms with van der Waals surface area (Å²) in [5.41, 5.74) is 0. The van der Waals surface area contributed by atoms with Crippen LogP contribution >= 0.6 is 0 Å². The molecule has 0 amide bonds. The van der Waals surface area contributed by atoms with E-state index in [-0.39, 0.29) is 0 Å². The predicted molar refractivity (Wildman–Crippen MR) is 75.5 cm³/mol. The van der Waals surface area contributed by atoms with Gasteiger partial charge in [0.25, 0.3) is 0 Å². The molecule has 0 saturated carbocycles. The molecule has 1 fully saturated rings. The van der Waals surface area contributed by atoms with Crippen molar-refractivity contribution < 1.29 is 0 Å². The zero-order valence-corrected chi connectivity index (χ0v) is 12.0. The molecule has 1 rings (SSSR count). The van der Waals surface area contributed by atoms with Crippen LogP contribution in [0.5, 0.6) is 0 Å². The zero-order chi connectivity index (χ0) is 12.5. The van der Waals surface area contributed by atoms with E-state index in [0.29, 0.717) is 0 Å². The topological polar surface area (TPSA) is 18.5 Å². The van der Waals surface area contributed by atoms with Crippen molar-refractivity contribution in [3.8, 4) is 0 Å². The Labute approximate surface area is 108 Å². The average Bonchev–Trinajstić information content (AvgIpc) is 2.38. The Bertz CT molecular complexity index is 176. The molecule has 0 spiro atoms. The second-order valence-corrected chi connectivity index (χ2v) is 5.24. The van der Waals surface area contributed by atoms with Gasteiger partial charge in [0.05, 0.1) is 0 Å². The molecular weight excluding hydrogens is 210 g/mol. The minimum atomic E-state index is 0.764. The second-order valence-electron chi connectivity index (χ2n) is 5.24. The highest BCUT2D eigenvalue weighted by Crippen LogP contribution is 2.07. The van der Waals surface area contributed by atoms with E-state index in [4.69, 9.17) is 0 Å². The number of rotatable bonds is 8. The number of piperazine rings is 1. The Balaban J connectivity index is 2.03. The minimum Gasteiger partial charge on any atom is -0.315 e. The van der Waals surface area contributed by atoms with E-state index in [1.165, 1.54) is 58.5 Å². The summed E-state index contributed by atoms with van der Waals surface area (Å²) in [4.78, 5) is 5.22. The van der Waals surface area contributed by atoms with Crippen LogP contribution < -0.4 is 5.32 Å². The van der Waals surface area contributed by atoms with Crippen molar-refractivity contribution in [3.05, 3.63) is 0 Å². The molecule has 102 valence electrons. The maximum absolute atomic E-state index is 3.52. The maximum Gasteiger partial charge on any atom is 0.0113 e. The molecule has 1 aliphatic rings. The summed E-state index contributed by atoms with van der Waals surface area (Å²) in [7, 11) is 0. The van der Waals surface area contributed by atoms with Gasteiger partial charge >= 0.3 is 0 Å². The van der Waals surface area contributed by atoms with Crippen molar-refractivity contribution in [3.63, 3.8) is 0 Å². The van der Waals surface area contributed by atoms with Crippen LogP contribution in [0, 0.1) is 0 Å². The molecule has 17 heavy (non-hydrogen) atoms. The van der Waals surface area contributed by atoms with Crippen LogP contribution in [0.1, 0.15) is 40.0 Å². The minimum absolute atomic E-state index is 0.764. The number of nitrogens with one attached hydrogen (secondary N) is 1. The van der Waals surface area contributed by atoms with E-state index in [0.717, 1.165) is 12.6 Å². The first-order valence-electron chi connectivity index (χ1n) is 7.45. The largest absolute Gasteiger partial charge is 0.315 e. The van der Waals surface area contributed by atoms with Gasteiger partial charge in [-0.15, -0.1) is 0 Å². The summed E-state index contributed by atoms with van der Waals surface area (Å²) < 4.78 is 0. The molecule has 3 heteroatoms. The standard InChI is InChI=1S/C14H31N3/c1-4-6-7-15-8-9-16-10-12-17(13-11-16)14(3)5-2/h14-15H,4-13H2,1-3H3. The molecule has 0 aromatic carbocycles. The predicted octanol–water partition coefficient (Wildman–Crippen LogP) is 1.79. The molecule has 0 bridgehead atoms. The average molecular weight is 241 g/mol. The Morgan fingerprint density at radius 3 is 2.35 bits per heavy atom. The molecule has 1 aliphatic heterocycles. The normalized spacial score (nSPS) is 20.6. The fourth-order valence-electron chi connectivity index (χ4n) is 2.35. The lowest BCUT2D eigenvalue weighted by Crippen LogP contribution is -2.50. The third-order valence-electron chi connectivity index (χ3n) is 3.93. The molecule has 1 unspecified atom stereocenters. The summed E-state index contributed by atoms with van der Waals surface area (Å²) in [5.74, 6) is 0. The quantitative estimate of drug-likeness (QED) is 0.654. The smallest absolute Gasteiger partial charge is 0.0113 e. The van der Waals surface area contributed by atoms with Crippen LogP contribution in [-0.4, -0.2) is 61.7 Å². The van der Waals surface area contributed by atoms with Gasteiger partial charge in [-0.1, -0.05) is 20.3 Å². The molecule has 0 aromatic rings. The zero-order valence-electron chi connectivity index (χ0n) is 12.0. The lowest BCUT2D eigenvalue weighted by Gasteiger charge is -2.37. The molecule has 1 heterocycles. The van der Waals surface area contributed by atoms with Gasteiger partial charge in [-0.3, -0.25) is 9.80 Å². The van der Waals surface area contributed by atoms with Gasteiger partial charge in [0.2, 0.25) is 0 Å². The first-order valence-corrected chi connectivity index (χ1v) is 7.45. The lowest BCUT2D eigenvalue weighted by molar-refractivity contribution is 0.101. The number of unbranched alkanes of at least 4 members (excludes halogenated alkanes) is 1. The highest BCUT2D eigenvalue weighted by molar-refractivity contribution is 4.75. The van der Waals surface area contributed by atoms with Gasteiger partial charge in [0, 0.05) is 45.3 Å². The third kappa shape index (κ3) is 5.84. The van der Waals surface area contributed by atoms with E-state index in [2.05, 4.69) is 35.9 Å². The number of nitrogens with zero attached hydrogens (tertiary/aromatic N) is 2. The summed E-state index contributed by atoms with van der Waals surface area (Å²) in [6, 6.07) is 0.764. The summed E-state index contributed by atoms with van der Waals surface area (Å²) in [5, 5.41) is 3.52. The van der Waals surface area contributed by atoms with Crippen molar-refractivity contribution in [1.82, 2.24) is 15.1 Å². The van der Waals surface area contributed by atoms with Gasteiger partial charge in [-0.25, -0.2) is 0 Å². The first kappa shape index (κ1) is 14.9. The van der Waals surface area contributed by atoms with Crippen molar-refractivity contribution in [2.45, 2.75) is 46.1 Å². The summed E-state index contributed by atoms with van der Waals surface area (Å²) in [6.45, 7) is 15.4. The molecule has 0 radical (unpaired) electrons. The highest BCUT2D eigenvalue weighted by atomic mass is 15.3. The maximum atomic E-state index is 3.52. The third-order valence-corrected chi connectivity index (χ3v) is 3.93. The monoisotopic (exact) mass is 241 g/mol. The van der Waals surface area contributed by atoms with Gasteiger partial charge in [-0.2, -0.15) is 0 Å². The van der Waals surface area contributed by atoms with Gasteiger partial charge in [0.15, 0.2) is 0 Å². The van der Waals surface area contributed by atoms with E-state index in [9.17, 15) is 0 Å². The SMILES string of the molecule is CCCCNCCN1CCN(C(C)CC)CC1. The molecule has 1 atom stereocenters. The molecule has 0 aliphatic carbocycles. The second kappa shape index (κ2) is 8.90. The van der Waals surface area contributed by atoms with Gasteiger partial charge < -0.3 is 5.32 Å². The number of hydrogen-bond donors (Lipinski definition) is 1. The van der Waals surface area contributed by atoms with Crippen molar-refractivity contribution in [2.75, 3.05) is 45.8 Å². The van der Waals surface area contributed by atoms with Crippen LogP contribution in [0.15, 0.2) is 0 Å². The highest BCUT2D eigenvalue weighted by Gasteiger charge is 2.19.